The molecule has 1 aliphatic heterocycles. The maximum atomic E-state index is 14.2. The van der Waals surface area contributed by atoms with Crippen molar-refractivity contribution in [2.75, 3.05) is 26.3 Å². The van der Waals surface area contributed by atoms with E-state index in [1.807, 2.05) is 30.3 Å². The minimum Gasteiger partial charge on any atom is -0.379 e. The number of morpholine rings is 1. The predicted molar refractivity (Wildman–Crippen MR) is 134 cm³/mol. The van der Waals surface area contributed by atoms with Gasteiger partial charge in [0, 0.05) is 24.2 Å². The summed E-state index contributed by atoms with van der Waals surface area (Å²) in [4.78, 5) is 15.9. The van der Waals surface area contributed by atoms with Crippen molar-refractivity contribution in [2.24, 2.45) is 0 Å². The molecule has 0 atom stereocenters. The van der Waals surface area contributed by atoms with Crippen molar-refractivity contribution in [1.82, 2.24) is 20.0 Å². The van der Waals surface area contributed by atoms with Gasteiger partial charge in [-0.3, -0.25) is 9.69 Å². The van der Waals surface area contributed by atoms with E-state index in [0.29, 0.717) is 37.1 Å². The van der Waals surface area contributed by atoms with Crippen LogP contribution in [0.15, 0.2) is 60.8 Å². The summed E-state index contributed by atoms with van der Waals surface area (Å²) in [6.45, 7) is 3.15. The third-order valence-electron chi connectivity index (χ3n) is 7.40. The summed E-state index contributed by atoms with van der Waals surface area (Å²) in [5.74, 6) is -0.791. The Balaban J connectivity index is 1.45. The highest BCUT2D eigenvalue weighted by molar-refractivity contribution is 6.30. The number of rotatable bonds is 5. The second kappa shape index (κ2) is 10.5. The van der Waals surface area contributed by atoms with Crippen LogP contribution >= 0.6 is 11.6 Å². The topological polar surface area (TPSA) is 59.4 Å². The molecule has 2 aliphatic rings. The van der Waals surface area contributed by atoms with Gasteiger partial charge in [-0.2, -0.15) is 18.3 Å². The molecular formula is C27H28ClF3N4O2. The molecule has 1 saturated heterocycles. The normalized spacial score (nSPS) is 23.1. The third-order valence-corrected chi connectivity index (χ3v) is 7.66. The van der Waals surface area contributed by atoms with Crippen molar-refractivity contribution < 1.29 is 22.7 Å². The first kappa shape index (κ1) is 25.8. The number of halogens is 4. The SMILES string of the molecule is O=C(NC1(c2ccccc2)CCC(N2CCOCC2)CC1)c1cnn(-c2ccc(Cl)cc2)c1C(F)(F)F. The molecule has 1 N–H and O–H groups in total. The van der Waals surface area contributed by atoms with Crippen LogP contribution in [0.4, 0.5) is 13.2 Å². The number of nitrogens with zero attached hydrogens (tertiary/aromatic N) is 3. The van der Waals surface area contributed by atoms with Crippen LogP contribution in [-0.4, -0.2) is 52.9 Å². The lowest BCUT2D eigenvalue weighted by Gasteiger charge is -2.45. The van der Waals surface area contributed by atoms with E-state index in [2.05, 4.69) is 15.3 Å². The molecule has 3 aromatic rings. The van der Waals surface area contributed by atoms with Crippen molar-refractivity contribution in [3.8, 4) is 5.69 Å². The van der Waals surface area contributed by atoms with E-state index in [0.717, 1.165) is 42.4 Å². The maximum Gasteiger partial charge on any atom is 0.434 e. The van der Waals surface area contributed by atoms with Crippen LogP contribution in [0.1, 0.15) is 47.3 Å². The summed E-state index contributed by atoms with van der Waals surface area (Å²) in [6.07, 6.45) is -0.910. The molecule has 196 valence electrons. The van der Waals surface area contributed by atoms with Crippen LogP contribution in [-0.2, 0) is 16.5 Å². The lowest BCUT2D eigenvalue weighted by Crippen LogP contribution is -2.53. The molecule has 10 heteroatoms. The van der Waals surface area contributed by atoms with Crippen LogP contribution in [0, 0.1) is 0 Å². The van der Waals surface area contributed by atoms with Gasteiger partial charge in [0.25, 0.3) is 5.91 Å². The summed E-state index contributed by atoms with van der Waals surface area (Å²) in [6, 6.07) is 15.7. The van der Waals surface area contributed by atoms with Crippen LogP contribution in [0.25, 0.3) is 5.69 Å². The van der Waals surface area contributed by atoms with Gasteiger partial charge in [0.2, 0.25) is 0 Å². The van der Waals surface area contributed by atoms with Crippen molar-refractivity contribution in [3.63, 3.8) is 0 Å². The number of carbonyl (C=O) groups is 1. The quantitative estimate of drug-likeness (QED) is 0.475. The number of carbonyl (C=O) groups excluding carboxylic acids is 1. The summed E-state index contributed by atoms with van der Waals surface area (Å²) in [5.41, 5.74) is -1.33. The van der Waals surface area contributed by atoms with Crippen LogP contribution in [0.5, 0.6) is 0 Å². The molecule has 5 rings (SSSR count). The van der Waals surface area contributed by atoms with Crippen molar-refractivity contribution in [3.05, 3.63) is 82.6 Å². The highest BCUT2D eigenvalue weighted by Gasteiger charge is 2.44. The zero-order chi connectivity index (χ0) is 26.0. The Morgan fingerprint density at radius 1 is 1.03 bits per heavy atom. The summed E-state index contributed by atoms with van der Waals surface area (Å²) in [7, 11) is 0. The van der Waals surface area contributed by atoms with Crippen molar-refractivity contribution in [1.29, 1.82) is 0 Å². The highest BCUT2D eigenvalue weighted by Crippen LogP contribution is 2.40. The van der Waals surface area contributed by atoms with Gasteiger partial charge >= 0.3 is 6.18 Å². The number of benzene rings is 2. The number of ether oxygens (including phenoxy) is 1. The number of aromatic nitrogens is 2. The summed E-state index contributed by atoms with van der Waals surface area (Å²) in [5, 5.41) is 7.35. The second-order valence-electron chi connectivity index (χ2n) is 9.57. The first-order valence-corrected chi connectivity index (χ1v) is 12.8. The molecule has 0 spiro atoms. The molecule has 1 aromatic heterocycles. The average Bonchev–Trinajstić information content (AvgIpc) is 3.37. The third kappa shape index (κ3) is 5.39. The van der Waals surface area contributed by atoms with E-state index < -0.39 is 28.9 Å². The van der Waals surface area contributed by atoms with Gasteiger partial charge < -0.3 is 10.1 Å². The van der Waals surface area contributed by atoms with Gasteiger partial charge in [0.1, 0.15) is 0 Å². The zero-order valence-electron chi connectivity index (χ0n) is 20.2. The molecule has 0 bridgehead atoms. The van der Waals surface area contributed by atoms with Crippen molar-refractivity contribution in [2.45, 2.75) is 43.4 Å². The van der Waals surface area contributed by atoms with Crippen LogP contribution in [0.2, 0.25) is 5.02 Å². The maximum absolute atomic E-state index is 14.2. The molecule has 2 fully saturated rings. The standard InChI is InChI=1S/C27H28ClF3N4O2/c28-20-6-8-22(9-7-20)35-24(27(29,30)31)23(18-32-35)25(36)33-26(19-4-2-1-3-5-19)12-10-21(11-13-26)34-14-16-37-17-15-34/h1-9,18,21H,10-17H2,(H,33,36). The second-order valence-corrected chi connectivity index (χ2v) is 10.0. The molecule has 2 aromatic carbocycles. The molecule has 1 aliphatic carbocycles. The van der Waals surface area contributed by atoms with E-state index in [4.69, 9.17) is 16.3 Å². The fourth-order valence-corrected chi connectivity index (χ4v) is 5.62. The molecule has 6 nitrogen and oxygen atoms in total. The Labute approximate surface area is 218 Å². The van der Waals surface area contributed by atoms with E-state index in [1.165, 1.54) is 24.3 Å². The van der Waals surface area contributed by atoms with Crippen molar-refractivity contribution >= 4 is 17.5 Å². The van der Waals surface area contributed by atoms with Crippen LogP contribution in [0.3, 0.4) is 0 Å². The van der Waals surface area contributed by atoms with E-state index >= 15 is 0 Å². The first-order valence-electron chi connectivity index (χ1n) is 12.4. The molecular weight excluding hydrogens is 505 g/mol. The number of nitrogens with one attached hydrogen (secondary N) is 1. The number of alkyl halides is 3. The Bertz CT molecular complexity index is 1220. The van der Waals surface area contributed by atoms with Gasteiger partial charge in [-0.05, 0) is 55.5 Å². The fourth-order valence-electron chi connectivity index (χ4n) is 5.50. The molecule has 0 unspecified atom stereocenters. The first-order chi connectivity index (χ1) is 17.8. The molecule has 1 saturated carbocycles. The lowest BCUT2D eigenvalue weighted by atomic mass is 9.74. The number of hydrogen-bond donors (Lipinski definition) is 1. The minimum absolute atomic E-state index is 0.166. The number of amides is 1. The predicted octanol–water partition coefficient (Wildman–Crippen LogP) is 5.44. The molecule has 1 amide bonds. The zero-order valence-corrected chi connectivity index (χ0v) is 20.9. The lowest BCUT2D eigenvalue weighted by molar-refractivity contribution is -0.143. The highest BCUT2D eigenvalue weighted by atomic mass is 35.5. The smallest absolute Gasteiger partial charge is 0.379 e. The van der Waals surface area contributed by atoms with E-state index in [9.17, 15) is 18.0 Å². The monoisotopic (exact) mass is 532 g/mol. The molecule has 2 heterocycles. The minimum atomic E-state index is -4.79. The average molecular weight is 533 g/mol. The van der Waals surface area contributed by atoms with Gasteiger partial charge in [0.05, 0.1) is 36.2 Å². The Kier molecular flexibility index (Phi) is 7.29. The van der Waals surface area contributed by atoms with Gasteiger partial charge in [-0.15, -0.1) is 0 Å². The summed E-state index contributed by atoms with van der Waals surface area (Å²) >= 11 is 5.90. The number of hydrogen-bond acceptors (Lipinski definition) is 4. The summed E-state index contributed by atoms with van der Waals surface area (Å²) < 4.78 is 48.9. The Hall–Kier alpha value is -2.88. The fraction of sp³-hybridized carbons (Fsp3) is 0.407. The van der Waals surface area contributed by atoms with E-state index in [1.54, 1.807) is 0 Å². The van der Waals surface area contributed by atoms with Gasteiger partial charge in [-0.1, -0.05) is 41.9 Å². The Morgan fingerprint density at radius 2 is 1.68 bits per heavy atom. The van der Waals surface area contributed by atoms with Crippen LogP contribution < -0.4 is 5.32 Å². The Morgan fingerprint density at radius 3 is 2.30 bits per heavy atom. The van der Waals surface area contributed by atoms with E-state index in [-0.39, 0.29) is 5.69 Å². The largest absolute Gasteiger partial charge is 0.434 e. The van der Waals surface area contributed by atoms with Gasteiger partial charge in [0.15, 0.2) is 5.69 Å². The molecule has 37 heavy (non-hydrogen) atoms. The molecule has 0 radical (unpaired) electrons. The van der Waals surface area contributed by atoms with Gasteiger partial charge in [-0.25, -0.2) is 4.68 Å².